The van der Waals surface area contributed by atoms with Gasteiger partial charge in [0.05, 0.1) is 11.8 Å². The lowest BCUT2D eigenvalue weighted by molar-refractivity contribution is -0.119. The Balaban J connectivity index is 1.33. The third kappa shape index (κ3) is 3.07. The van der Waals surface area contributed by atoms with Gasteiger partial charge in [-0.1, -0.05) is 71.9 Å². The fourth-order valence-electron chi connectivity index (χ4n) is 3.58. The van der Waals surface area contributed by atoms with E-state index in [0.717, 1.165) is 11.1 Å². The number of hydrogen-bond acceptors (Lipinski definition) is 4. The SMILES string of the molecule is O=C(CSc1nc2cc(Cl)ccc2o1)NC1c2ccccc2-c2ccccc21. The van der Waals surface area contributed by atoms with Crippen LogP contribution in [0.25, 0.3) is 22.2 Å². The van der Waals surface area contributed by atoms with Crippen molar-refractivity contribution in [2.75, 3.05) is 5.75 Å². The first-order valence-corrected chi connectivity index (χ1v) is 10.2. The number of carbonyl (C=O) groups excluding carboxylic acids is 1. The van der Waals surface area contributed by atoms with E-state index < -0.39 is 0 Å². The minimum Gasteiger partial charge on any atom is -0.431 e. The number of amides is 1. The van der Waals surface area contributed by atoms with E-state index in [-0.39, 0.29) is 17.7 Å². The maximum Gasteiger partial charge on any atom is 0.257 e. The van der Waals surface area contributed by atoms with Crippen LogP contribution in [0, 0.1) is 0 Å². The van der Waals surface area contributed by atoms with Gasteiger partial charge in [-0.05, 0) is 40.5 Å². The van der Waals surface area contributed by atoms with E-state index in [2.05, 4.69) is 34.6 Å². The van der Waals surface area contributed by atoms with Gasteiger partial charge in [-0.15, -0.1) is 0 Å². The topological polar surface area (TPSA) is 55.1 Å². The van der Waals surface area contributed by atoms with Crippen molar-refractivity contribution in [3.8, 4) is 11.1 Å². The molecule has 28 heavy (non-hydrogen) atoms. The number of halogens is 1. The number of aromatic nitrogens is 1. The van der Waals surface area contributed by atoms with E-state index in [9.17, 15) is 4.79 Å². The van der Waals surface area contributed by atoms with Crippen molar-refractivity contribution < 1.29 is 9.21 Å². The molecular formula is C22H15ClN2O2S. The normalized spacial score (nSPS) is 12.8. The highest BCUT2D eigenvalue weighted by molar-refractivity contribution is 7.99. The van der Waals surface area contributed by atoms with Crippen molar-refractivity contribution in [3.05, 3.63) is 82.9 Å². The van der Waals surface area contributed by atoms with Crippen LogP contribution in [0.2, 0.25) is 5.02 Å². The molecule has 0 fully saturated rings. The Morgan fingerprint density at radius 1 is 1.04 bits per heavy atom. The van der Waals surface area contributed by atoms with Gasteiger partial charge in [-0.2, -0.15) is 0 Å². The van der Waals surface area contributed by atoms with Crippen LogP contribution in [0.1, 0.15) is 17.2 Å². The number of benzene rings is 3. The lowest BCUT2D eigenvalue weighted by Gasteiger charge is -2.15. The molecule has 0 saturated heterocycles. The Kier molecular flexibility index (Phi) is 4.34. The zero-order valence-corrected chi connectivity index (χ0v) is 16.3. The lowest BCUT2D eigenvalue weighted by Crippen LogP contribution is -2.29. The number of thioether (sulfide) groups is 1. The highest BCUT2D eigenvalue weighted by atomic mass is 35.5. The molecule has 1 aromatic heterocycles. The molecule has 3 aromatic carbocycles. The molecule has 0 saturated carbocycles. The molecule has 138 valence electrons. The second kappa shape index (κ2) is 7.00. The van der Waals surface area contributed by atoms with Crippen LogP contribution in [0.4, 0.5) is 0 Å². The van der Waals surface area contributed by atoms with Gasteiger partial charge in [0.2, 0.25) is 5.91 Å². The monoisotopic (exact) mass is 406 g/mol. The Morgan fingerprint density at radius 3 is 2.43 bits per heavy atom. The predicted octanol–water partition coefficient (Wildman–Crippen LogP) is 5.46. The van der Waals surface area contributed by atoms with Gasteiger partial charge in [0, 0.05) is 5.02 Å². The molecule has 0 unspecified atom stereocenters. The zero-order chi connectivity index (χ0) is 19.1. The average Bonchev–Trinajstić information content (AvgIpc) is 3.26. The first kappa shape index (κ1) is 17.3. The number of oxazole rings is 1. The van der Waals surface area contributed by atoms with Crippen molar-refractivity contribution in [1.29, 1.82) is 0 Å². The number of fused-ring (bicyclic) bond motifs is 4. The van der Waals surface area contributed by atoms with E-state index in [4.69, 9.17) is 16.0 Å². The van der Waals surface area contributed by atoms with Crippen LogP contribution >= 0.6 is 23.4 Å². The third-order valence-corrected chi connectivity index (χ3v) is 5.86. The first-order chi connectivity index (χ1) is 13.7. The number of carbonyl (C=O) groups is 1. The highest BCUT2D eigenvalue weighted by Gasteiger charge is 2.29. The van der Waals surface area contributed by atoms with Gasteiger partial charge in [-0.3, -0.25) is 4.79 Å². The molecule has 1 aliphatic carbocycles. The summed E-state index contributed by atoms with van der Waals surface area (Å²) in [4.78, 5) is 17.0. The fourth-order valence-corrected chi connectivity index (χ4v) is 4.40. The van der Waals surface area contributed by atoms with Gasteiger partial charge in [0.25, 0.3) is 5.22 Å². The number of hydrogen-bond donors (Lipinski definition) is 1. The summed E-state index contributed by atoms with van der Waals surface area (Å²) in [6.45, 7) is 0. The molecule has 1 amide bonds. The first-order valence-electron chi connectivity index (χ1n) is 8.85. The Hall–Kier alpha value is -2.76. The molecule has 0 radical (unpaired) electrons. The van der Waals surface area contributed by atoms with Crippen LogP contribution in [-0.4, -0.2) is 16.6 Å². The van der Waals surface area contributed by atoms with Crippen LogP contribution in [0.3, 0.4) is 0 Å². The summed E-state index contributed by atoms with van der Waals surface area (Å²) >= 11 is 7.25. The summed E-state index contributed by atoms with van der Waals surface area (Å²) in [5.41, 5.74) is 5.94. The van der Waals surface area contributed by atoms with Crippen LogP contribution in [-0.2, 0) is 4.79 Å². The molecule has 6 heteroatoms. The van der Waals surface area contributed by atoms with Crippen LogP contribution in [0.15, 0.2) is 76.4 Å². The summed E-state index contributed by atoms with van der Waals surface area (Å²) in [5, 5.41) is 4.22. The Bertz CT molecular complexity index is 1160. The molecule has 0 aliphatic heterocycles. The molecule has 1 aliphatic rings. The summed E-state index contributed by atoms with van der Waals surface area (Å²) in [6, 6.07) is 21.5. The molecule has 0 atom stereocenters. The second-order valence-electron chi connectivity index (χ2n) is 6.56. The number of nitrogens with one attached hydrogen (secondary N) is 1. The standard InChI is InChI=1S/C22H15ClN2O2S/c23-13-9-10-19-18(11-13)24-22(27-19)28-12-20(26)25-21-16-7-3-1-5-14(16)15-6-2-4-8-17(15)21/h1-11,21H,12H2,(H,25,26). The maximum atomic E-state index is 12.6. The smallest absolute Gasteiger partial charge is 0.257 e. The molecular weight excluding hydrogens is 392 g/mol. The predicted molar refractivity (Wildman–Crippen MR) is 112 cm³/mol. The second-order valence-corrected chi connectivity index (χ2v) is 7.92. The van der Waals surface area contributed by atoms with Gasteiger partial charge < -0.3 is 9.73 Å². The van der Waals surface area contributed by atoms with Crippen LogP contribution in [0.5, 0.6) is 0 Å². The maximum absolute atomic E-state index is 12.6. The third-order valence-electron chi connectivity index (χ3n) is 4.80. The molecule has 1 N–H and O–H groups in total. The van der Waals surface area contributed by atoms with Crippen molar-refractivity contribution in [2.45, 2.75) is 11.3 Å². The Morgan fingerprint density at radius 2 is 1.71 bits per heavy atom. The molecule has 4 nitrogen and oxygen atoms in total. The quantitative estimate of drug-likeness (QED) is 0.457. The van der Waals surface area contributed by atoms with Crippen molar-refractivity contribution in [2.24, 2.45) is 0 Å². The van der Waals surface area contributed by atoms with E-state index >= 15 is 0 Å². The van der Waals surface area contributed by atoms with E-state index in [0.29, 0.717) is 21.3 Å². The largest absolute Gasteiger partial charge is 0.431 e. The van der Waals surface area contributed by atoms with Crippen molar-refractivity contribution in [3.63, 3.8) is 0 Å². The van der Waals surface area contributed by atoms with Gasteiger partial charge in [0.15, 0.2) is 5.58 Å². The molecule has 5 rings (SSSR count). The summed E-state index contributed by atoms with van der Waals surface area (Å²) in [6.07, 6.45) is 0. The van der Waals surface area contributed by atoms with Crippen molar-refractivity contribution in [1.82, 2.24) is 10.3 Å². The molecule has 4 aromatic rings. The van der Waals surface area contributed by atoms with Gasteiger partial charge >= 0.3 is 0 Å². The molecule has 0 bridgehead atoms. The highest BCUT2D eigenvalue weighted by Crippen LogP contribution is 2.43. The zero-order valence-electron chi connectivity index (χ0n) is 14.7. The van der Waals surface area contributed by atoms with Gasteiger partial charge in [0.1, 0.15) is 5.52 Å². The van der Waals surface area contributed by atoms with E-state index in [1.54, 1.807) is 18.2 Å². The fraction of sp³-hybridized carbons (Fsp3) is 0.0909. The summed E-state index contributed by atoms with van der Waals surface area (Å²) < 4.78 is 5.67. The van der Waals surface area contributed by atoms with E-state index in [1.165, 1.54) is 22.9 Å². The van der Waals surface area contributed by atoms with Crippen LogP contribution < -0.4 is 5.32 Å². The minimum atomic E-state index is -0.136. The number of rotatable bonds is 4. The van der Waals surface area contributed by atoms with Crippen molar-refractivity contribution >= 4 is 40.4 Å². The average molecular weight is 407 g/mol. The number of nitrogens with zero attached hydrogens (tertiary/aromatic N) is 1. The Labute approximate surface area is 170 Å². The molecule has 0 spiro atoms. The molecule has 1 heterocycles. The van der Waals surface area contributed by atoms with E-state index in [1.807, 2.05) is 24.3 Å². The summed E-state index contributed by atoms with van der Waals surface area (Å²) in [5.74, 6) is 0.156. The summed E-state index contributed by atoms with van der Waals surface area (Å²) in [7, 11) is 0. The lowest BCUT2D eigenvalue weighted by atomic mass is 10.1. The van der Waals surface area contributed by atoms with Gasteiger partial charge in [-0.25, -0.2) is 4.98 Å². The minimum absolute atomic E-state index is 0.0678.